The standard InChI is InChI=1S/C31H29ClFN3O3/c32-24-10-5-20(6-11-24)21-15-17-36(18-16-21)31(39)23-9-14-26-28(19-23)34-27(3-1-2-4-29(37)38)30(35-26)22-7-12-25(33)13-8-22/h5-14,19,21H,1-4,15-18H2,(H,37,38). The second-order valence-electron chi connectivity index (χ2n) is 9.95. The number of halogens is 2. The molecule has 0 radical (unpaired) electrons. The Morgan fingerprint density at radius 3 is 2.33 bits per heavy atom. The third-order valence-electron chi connectivity index (χ3n) is 7.28. The minimum Gasteiger partial charge on any atom is -0.481 e. The molecule has 0 unspecified atom stereocenters. The molecule has 3 aromatic carbocycles. The van der Waals surface area contributed by atoms with Gasteiger partial charge >= 0.3 is 5.97 Å². The smallest absolute Gasteiger partial charge is 0.303 e. The van der Waals surface area contributed by atoms with Crippen molar-refractivity contribution in [1.82, 2.24) is 14.9 Å². The second-order valence-corrected chi connectivity index (χ2v) is 10.4. The molecule has 1 aromatic heterocycles. The van der Waals surface area contributed by atoms with Crippen molar-refractivity contribution in [3.63, 3.8) is 0 Å². The number of hydrogen-bond acceptors (Lipinski definition) is 4. The number of nitrogens with zero attached hydrogens (tertiary/aromatic N) is 3. The molecule has 1 aliphatic rings. The van der Waals surface area contributed by atoms with Crippen LogP contribution < -0.4 is 0 Å². The summed E-state index contributed by atoms with van der Waals surface area (Å²) in [5, 5.41) is 9.70. The molecule has 2 heterocycles. The molecule has 8 heteroatoms. The molecule has 0 saturated carbocycles. The van der Waals surface area contributed by atoms with Crippen LogP contribution in [0.25, 0.3) is 22.3 Å². The summed E-state index contributed by atoms with van der Waals surface area (Å²) in [5.74, 6) is -0.796. The van der Waals surface area contributed by atoms with E-state index in [-0.39, 0.29) is 18.1 Å². The minimum absolute atomic E-state index is 0.0288. The van der Waals surface area contributed by atoms with Gasteiger partial charge in [-0.25, -0.2) is 14.4 Å². The SMILES string of the molecule is O=C(O)CCCCc1nc2cc(C(=O)N3CCC(c4ccc(Cl)cc4)CC3)ccc2nc1-c1ccc(F)cc1. The highest BCUT2D eigenvalue weighted by atomic mass is 35.5. The van der Waals surface area contributed by atoms with E-state index >= 15 is 0 Å². The molecule has 4 aromatic rings. The van der Waals surface area contributed by atoms with Gasteiger partial charge < -0.3 is 10.0 Å². The molecule has 0 aliphatic carbocycles. The number of carbonyl (C=O) groups excluding carboxylic acids is 1. The fourth-order valence-corrected chi connectivity index (χ4v) is 5.27. The van der Waals surface area contributed by atoms with E-state index in [1.165, 1.54) is 17.7 Å². The topological polar surface area (TPSA) is 83.4 Å². The van der Waals surface area contributed by atoms with Gasteiger partial charge in [0.1, 0.15) is 5.82 Å². The molecule has 1 N–H and O–H groups in total. The third-order valence-corrected chi connectivity index (χ3v) is 7.53. The molecule has 0 bridgehead atoms. The van der Waals surface area contributed by atoms with Crippen molar-refractivity contribution in [3.05, 3.63) is 94.4 Å². The lowest BCUT2D eigenvalue weighted by molar-refractivity contribution is -0.137. The Kier molecular flexibility index (Phi) is 8.17. The zero-order valence-electron chi connectivity index (χ0n) is 21.4. The number of fused-ring (bicyclic) bond motifs is 1. The Hall–Kier alpha value is -3.84. The number of carbonyl (C=O) groups is 2. The Morgan fingerprint density at radius 1 is 0.923 bits per heavy atom. The summed E-state index contributed by atoms with van der Waals surface area (Å²) < 4.78 is 13.5. The van der Waals surface area contributed by atoms with E-state index in [1.807, 2.05) is 17.0 Å². The average molecular weight is 546 g/mol. The van der Waals surface area contributed by atoms with Crippen LogP contribution in [0.2, 0.25) is 5.02 Å². The quantitative estimate of drug-likeness (QED) is 0.243. The molecule has 1 fully saturated rings. The first-order valence-electron chi connectivity index (χ1n) is 13.2. The predicted molar refractivity (Wildman–Crippen MR) is 149 cm³/mol. The Balaban J connectivity index is 1.36. The fraction of sp³-hybridized carbons (Fsp3) is 0.290. The molecule has 39 heavy (non-hydrogen) atoms. The number of hydrogen-bond donors (Lipinski definition) is 1. The number of aryl methyl sites for hydroxylation is 1. The predicted octanol–water partition coefficient (Wildman–Crippen LogP) is 6.91. The number of carboxylic acid groups (broad SMARTS) is 1. The van der Waals surface area contributed by atoms with Gasteiger partial charge in [-0.15, -0.1) is 0 Å². The van der Waals surface area contributed by atoms with Gasteiger partial charge in [-0.3, -0.25) is 9.59 Å². The van der Waals surface area contributed by atoms with Crippen molar-refractivity contribution in [1.29, 1.82) is 0 Å². The summed E-state index contributed by atoms with van der Waals surface area (Å²) in [6, 6.07) is 19.4. The number of carboxylic acids is 1. The van der Waals surface area contributed by atoms with Crippen LogP contribution in [0.15, 0.2) is 66.7 Å². The summed E-state index contributed by atoms with van der Waals surface area (Å²) in [6.07, 6.45) is 3.54. The summed E-state index contributed by atoms with van der Waals surface area (Å²) in [7, 11) is 0. The number of benzene rings is 3. The average Bonchev–Trinajstić information content (AvgIpc) is 2.95. The summed E-state index contributed by atoms with van der Waals surface area (Å²) in [4.78, 5) is 35.9. The maximum atomic E-state index is 13.5. The molecular formula is C31H29ClFN3O3. The van der Waals surface area contributed by atoms with Crippen molar-refractivity contribution in [2.75, 3.05) is 13.1 Å². The molecule has 1 amide bonds. The minimum atomic E-state index is -0.835. The van der Waals surface area contributed by atoms with Crippen LogP contribution in [0.5, 0.6) is 0 Å². The Morgan fingerprint density at radius 2 is 1.64 bits per heavy atom. The summed E-state index contributed by atoms with van der Waals surface area (Å²) in [6.45, 7) is 1.35. The molecule has 1 aliphatic heterocycles. The van der Waals surface area contributed by atoms with Gasteiger partial charge in [0.2, 0.25) is 0 Å². The number of aliphatic carboxylic acids is 1. The van der Waals surface area contributed by atoms with Gasteiger partial charge in [-0.2, -0.15) is 0 Å². The van der Waals surface area contributed by atoms with Gasteiger partial charge in [-0.1, -0.05) is 23.7 Å². The maximum Gasteiger partial charge on any atom is 0.303 e. The number of aromatic nitrogens is 2. The van der Waals surface area contributed by atoms with Crippen LogP contribution in [0.1, 0.15) is 59.6 Å². The lowest BCUT2D eigenvalue weighted by atomic mass is 9.89. The van der Waals surface area contributed by atoms with E-state index in [2.05, 4.69) is 12.1 Å². The Labute approximate surface area is 231 Å². The van der Waals surface area contributed by atoms with E-state index in [0.29, 0.717) is 66.3 Å². The van der Waals surface area contributed by atoms with Gasteiger partial charge in [0, 0.05) is 35.7 Å². The largest absolute Gasteiger partial charge is 0.481 e. The van der Waals surface area contributed by atoms with Crippen molar-refractivity contribution in [3.8, 4) is 11.3 Å². The normalized spacial score (nSPS) is 14.1. The molecule has 6 nitrogen and oxygen atoms in total. The molecular weight excluding hydrogens is 517 g/mol. The lowest BCUT2D eigenvalue weighted by Gasteiger charge is -2.32. The maximum absolute atomic E-state index is 13.5. The first-order valence-corrected chi connectivity index (χ1v) is 13.6. The highest BCUT2D eigenvalue weighted by molar-refractivity contribution is 6.30. The highest BCUT2D eigenvalue weighted by Gasteiger charge is 2.25. The number of unbranched alkanes of at least 4 members (excludes halogenated alkanes) is 1. The number of amides is 1. The van der Waals surface area contributed by atoms with Crippen LogP contribution in [-0.2, 0) is 11.2 Å². The van der Waals surface area contributed by atoms with E-state index in [4.69, 9.17) is 26.7 Å². The number of piperidine rings is 1. The van der Waals surface area contributed by atoms with Crippen molar-refractivity contribution in [2.24, 2.45) is 0 Å². The highest BCUT2D eigenvalue weighted by Crippen LogP contribution is 2.30. The van der Waals surface area contributed by atoms with Gasteiger partial charge in [0.05, 0.1) is 22.4 Å². The van der Waals surface area contributed by atoms with Crippen LogP contribution in [-0.4, -0.2) is 44.9 Å². The first-order chi connectivity index (χ1) is 18.9. The monoisotopic (exact) mass is 545 g/mol. The van der Waals surface area contributed by atoms with E-state index in [9.17, 15) is 14.0 Å². The van der Waals surface area contributed by atoms with Gasteiger partial charge in [0.15, 0.2) is 0 Å². The van der Waals surface area contributed by atoms with E-state index in [0.717, 1.165) is 23.4 Å². The van der Waals surface area contributed by atoms with Crippen molar-refractivity contribution >= 4 is 34.5 Å². The van der Waals surface area contributed by atoms with Crippen LogP contribution >= 0.6 is 11.6 Å². The van der Waals surface area contributed by atoms with Crippen LogP contribution in [0, 0.1) is 5.82 Å². The van der Waals surface area contributed by atoms with E-state index in [1.54, 1.807) is 30.3 Å². The lowest BCUT2D eigenvalue weighted by Crippen LogP contribution is -2.37. The van der Waals surface area contributed by atoms with Crippen LogP contribution in [0.3, 0.4) is 0 Å². The molecule has 1 saturated heterocycles. The third kappa shape index (κ3) is 6.42. The summed E-state index contributed by atoms with van der Waals surface area (Å²) >= 11 is 6.03. The fourth-order valence-electron chi connectivity index (χ4n) is 5.14. The Bertz CT molecular complexity index is 1480. The van der Waals surface area contributed by atoms with Crippen molar-refractivity contribution < 1.29 is 19.1 Å². The van der Waals surface area contributed by atoms with Gasteiger partial charge in [-0.05, 0) is 98.2 Å². The zero-order chi connectivity index (χ0) is 27.4. The van der Waals surface area contributed by atoms with Crippen LogP contribution in [0.4, 0.5) is 4.39 Å². The second kappa shape index (κ2) is 11.9. The molecule has 0 atom stereocenters. The first kappa shape index (κ1) is 26.8. The number of likely N-dealkylation sites (tertiary alicyclic amines) is 1. The molecule has 0 spiro atoms. The molecule has 200 valence electrons. The zero-order valence-corrected chi connectivity index (χ0v) is 22.2. The molecule has 5 rings (SSSR count). The van der Waals surface area contributed by atoms with Gasteiger partial charge in [0.25, 0.3) is 5.91 Å². The van der Waals surface area contributed by atoms with E-state index < -0.39 is 5.97 Å². The van der Waals surface area contributed by atoms with Crippen molar-refractivity contribution in [2.45, 2.75) is 44.4 Å². The summed E-state index contributed by atoms with van der Waals surface area (Å²) in [5.41, 5.74) is 5.14. The number of rotatable bonds is 8.